The molecule has 0 radical (unpaired) electrons. The Morgan fingerprint density at radius 1 is 0.865 bits per heavy atom. The quantitative estimate of drug-likeness (QED) is 0.253. The number of hydrogen-bond acceptors (Lipinski definition) is 7. The maximum Gasteiger partial charge on any atom is 0.357 e. The molecule has 0 fully saturated rings. The molecule has 3 aromatic carbocycles. The van der Waals surface area contributed by atoms with Crippen molar-refractivity contribution in [1.29, 1.82) is 0 Å². The Balaban J connectivity index is 1.86. The molecule has 10 heteroatoms. The minimum Gasteiger partial charge on any atom is -0.493 e. The molecule has 0 N–H and O–H groups in total. The number of carbonyl (C=O) groups is 2. The number of para-hydroxylation sites is 1. The van der Waals surface area contributed by atoms with E-state index in [9.17, 15) is 9.59 Å². The third-order valence-electron chi connectivity index (χ3n) is 5.49. The summed E-state index contributed by atoms with van der Waals surface area (Å²) in [7, 11) is 3.89. The Bertz CT molecular complexity index is 1450. The highest BCUT2D eigenvalue weighted by molar-refractivity contribution is 6.32. The molecule has 0 atom stereocenters. The van der Waals surface area contributed by atoms with Crippen LogP contribution in [0.3, 0.4) is 0 Å². The van der Waals surface area contributed by atoms with E-state index in [4.69, 9.17) is 42.1 Å². The summed E-state index contributed by atoms with van der Waals surface area (Å²) in [6.45, 7) is 0.150. The zero-order chi connectivity index (χ0) is 26.5. The minimum atomic E-state index is -0.772. The Kier molecular flexibility index (Phi) is 8.01. The molecule has 0 aliphatic carbocycles. The van der Waals surface area contributed by atoms with Gasteiger partial charge in [0.1, 0.15) is 17.9 Å². The number of hydrogen-bond donors (Lipinski definition) is 0. The fraction of sp³-hybridized carbons (Fsp3) is 0.148. The third kappa shape index (κ3) is 5.26. The molecule has 190 valence electrons. The van der Waals surface area contributed by atoms with E-state index in [0.717, 1.165) is 5.56 Å². The number of benzene rings is 3. The van der Waals surface area contributed by atoms with E-state index in [2.05, 4.69) is 5.10 Å². The lowest BCUT2D eigenvalue weighted by atomic mass is 10.0. The smallest absolute Gasteiger partial charge is 0.357 e. The van der Waals surface area contributed by atoms with Crippen LogP contribution in [0.4, 0.5) is 0 Å². The fourth-order valence-electron chi connectivity index (χ4n) is 3.72. The van der Waals surface area contributed by atoms with Crippen molar-refractivity contribution in [2.75, 3.05) is 21.3 Å². The summed E-state index contributed by atoms with van der Waals surface area (Å²) in [6, 6.07) is 19.3. The van der Waals surface area contributed by atoms with Gasteiger partial charge in [-0.15, -0.1) is 0 Å². The van der Waals surface area contributed by atoms with Crippen LogP contribution in [0.15, 0.2) is 66.7 Å². The monoisotopic (exact) mass is 540 g/mol. The third-order valence-corrected chi connectivity index (χ3v) is 6.14. The summed E-state index contributed by atoms with van der Waals surface area (Å²) in [5, 5.41) is 5.34. The van der Waals surface area contributed by atoms with E-state index in [1.165, 1.54) is 26.0 Å². The van der Waals surface area contributed by atoms with Crippen molar-refractivity contribution in [2.24, 2.45) is 0 Å². The summed E-state index contributed by atoms with van der Waals surface area (Å²) in [5.41, 5.74) is 1.67. The summed E-state index contributed by atoms with van der Waals surface area (Å²) < 4.78 is 22.8. The van der Waals surface area contributed by atoms with Gasteiger partial charge in [-0.25, -0.2) is 14.3 Å². The summed E-state index contributed by atoms with van der Waals surface area (Å²) in [4.78, 5) is 25.7. The Labute approximate surface area is 223 Å². The molecule has 4 rings (SSSR count). The van der Waals surface area contributed by atoms with Crippen molar-refractivity contribution < 1.29 is 28.5 Å². The highest BCUT2D eigenvalue weighted by Gasteiger charge is 2.32. The number of esters is 2. The first kappa shape index (κ1) is 26.1. The van der Waals surface area contributed by atoms with Crippen LogP contribution in [-0.2, 0) is 16.1 Å². The van der Waals surface area contributed by atoms with Crippen LogP contribution >= 0.6 is 23.2 Å². The molecule has 0 spiro atoms. The SMILES string of the molecule is COC(=O)c1c(-c2cc(Cl)c(OCc3ccccc3Cl)c(OC)c2)nn(-c2ccccc2)c1C(=O)OC. The maximum absolute atomic E-state index is 12.9. The average Bonchev–Trinajstić information content (AvgIpc) is 3.33. The molecule has 0 amide bonds. The highest BCUT2D eigenvalue weighted by Crippen LogP contribution is 2.41. The van der Waals surface area contributed by atoms with Crippen molar-refractivity contribution in [3.63, 3.8) is 0 Å². The van der Waals surface area contributed by atoms with Gasteiger partial charge in [0.15, 0.2) is 17.2 Å². The average molecular weight is 541 g/mol. The lowest BCUT2D eigenvalue weighted by Gasteiger charge is -2.14. The molecule has 0 aliphatic rings. The van der Waals surface area contributed by atoms with Crippen LogP contribution in [0.2, 0.25) is 10.0 Å². The lowest BCUT2D eigenvalue weighted by Crippen LogP contribution is -2.15. The predicted octanol–water partition coefficient (Wildman–Crippen LogP) is 6.01. The van der Waals surface area contributed by atoms with Crippen molar-refractivity contribution in [2.45, 2.75) is 6.61 Å². The normalized spacial score (nSPS) is 10.6. The minimum absolute atomic E-state index is 0.0824. The first-order valence-corrected chi connectivity index (χ1v) is 11.7. The van der Waals surface area contributed by atoms with Gasteiger partial charge in [0.2, 0.25) is 0 Å². The molecule has 1 heterocycles. The zero-order valence-electron chi connectivity index (χ0n) is 20.2. The van der Waals surface area contributed by atoms with Crippen molar-refractivity contribution >= 4 is 35.1 Å². The van der Waals surface area contributed by atoms with Crippen LogP contribution < -0.4 is 9.47 Å². The summed E-state index contributed by atoms with van der Waals surface area (Å²) in [5.74, 6) is -0.963. The van der Waals surface area contributed by atoms with Crippen molar-refractivity contribution in [3.8, 4) is 28.4 Å². The van der Waals surface area contributed by atoms with E-state index >= 15 is 0 Å². The van der Waals surface area contributed by atoms with Gasteiger partial charge in [0.05, 0.1) is 32.0 Å². The van der Waals surface area contributed by atoms with Gasteiger partial charge in [-0.05, 0) is 30.3 Å². The second-order valence-electron chi connectivity index (χ2n) is 7.67. The van der Waals surface area contributed by atoms with E-state index in [1.54, 1.807) is 42.5 Å². The summed E-state index contributed by atoms with van der Waals surface area (Å²) in [6.07, 6.45) is 0. The number of rotatable bonds is 8. The number of methoxy groups -OCH3 is 3. The molecular formula is C27H22Cl2N2O6. The number of ether oxygens (including phenoxy) is 4. The fourth-order valence-corrected chi connectivity index (χ4v) is 4.17. The van der Waals surface area contributed by atoms with Crippen LogP contribution in [0.5, 0.6) is 11.5 Å². The van der Waals surface area contributed by atoms with Gasteiger partial charge in [-0.1, -0.05) is 59.6 Å². The predicted molar refractivity (Wildman–Crippen MR) is 139 cm³/mol. The van der Waals surface area contributed by atoms with E-state index in [1.807, 2.05) is 24.3 Å². The van der Waals surface area contributed by atoms with Crippen molar-refractivity contribution in [1.82, 2.24) is 9.78 Å². The topological polar surface area (TPSA) is 88.9 Å². The van der Waals surface area contributed by atoms with Crippen LogP contribution in [0.25, 0.3) is 16.9 Å². The van der Waals surface area contributed by atoms with Crippen LogP contribution in [0, 0.1) is 0 Å². The molecule has 0 aliphatic heterocycles. The largest absolute Gasteiger partial charge is 0.493 e. The standard InChI is InChI=1S/C27H22Cl2N2O6/c1-34-21-14-17(13-20(29)25(21)37-15-16-9-7-8-12-19(16)28)23-22(26(32)35-2)24(27(33)36-3)31(30-23)18-10-5-4-6-11-18/h4-14H,15H2,1-3H3. The molecule has 1 aromatic heterocycles. The Hall–Kier alpha value is -4.01. The molecule has 0 saturated heterocycles. The van der Waals surface area contributed by atoms with Gasteiger partial charge in [-0.3, -0.25) is 0 Å². The Morgan fingerprint density at radius 3 is 2.19 bits per heavy atom. The van der Waals surface area contributed by atoms with Gasteiger partial charge >= 0.3 is 11.9 Å². The molecule has 0 bridgehead atoms. The summed E-state index contributed by atoms with van der Waals surface area (Å²) >= 11 is 12.8. The molecule has 37 heavy (non-hydrogen) atoms. The van der Waals surface area contributed by atoms with Gasteiger partial charge in [-0.2, -0.15) is 5.10 Å². The Morgan fingerprint density at radius 2 is 1.54 bits per heavy atom. The second kappa shape index (κ2) is 11.4. The van der Waals surface area contributed by atoms with E-state index < -0.39 is 11.9 Å². The number of halogens is 2. The van der Waals surface area contributed by atoms with Crippen LogP contribution in [-0.4, -0.2) is 43.0 Å². The highest BCUT2D eigenvalue weighted by atomic mass is 35.5. The first-order valence-electron chi connectivity index (χ1n) is 11.0. The molecule has 0 unspecified atom stereocenters. The lowest BCUT2D eigenvalue weighted by molar-refractivity contribution is 0.0549. The number of aromatic nitrogens is 2. The molecule has 0 saturated carbocycles. The maximum atomic E-state index is 12.9. The van der Waals surface area contributed by atoms with E-state index in [0.29, 0.717) is 22.0 Å². The van der Waals surface area contributed by atoms with Crippen LogP contribution in [0.1, 0.15) is 26.4 Å². The zero-order valence-corrected chi connectivity index (χ0v) is 21.7. The van der Waals surface area contributed by atoms with Gasteiger partial charge in [0.25, 0.3) is 0 Å². The van der Waals surface area contributed by atoms with E-state index in [-0.39, 0.29) is 34.3 Å². The second-order valence-corrected chi connectivity index (χ2v) is 8.49. The molecule has 8 nitrogen and oxygen atoms in total. The number of carbonyl (C=O) groups excluding carboxylic acids is 2. The van der Waals surface area contributed by atoms with Gasteiger partial charge in [0, 0.05) is 16.1 Å². The first-order chi connectivity index (χ1) is 17.9. The number of nitrogens with zero attached hydrogens (tertiary/aromatic N) is 2. The van der Waals surface area contributed by atoms with Gasteiger partial charge < -0.3 is 18.9 Å². The molecule has 4 aromatic rings. The molecular weight excluding hydrogens is 519 g/mol. The van der Waals surface area contributed by atoms with Crippen molar-refractivity contribution in [3.05, 3.63) is 93.6 Å².